The first-order chi connectivity index (χ1) is 7.36. The second kappa shape index (κ2) is 3.18. The molecule has 1 aliphatic heterocycles. The second-order valence-corrected chi connectivity index (χ2v) is 3.92. The average Bonchev–Trinajstić information content (AvgIpc) is 2.88. The predicted molar refractivity (Wildman–Crippen MR) is 57.8 cm³/mol. The molecular formula is C10H13N5. The van der Waals surface area contributed by atoms with E-state index < -0.39 is 0 Å². The van der Waals surface area contributed by atoms with Crippen molar-refractivity contribution in [2.75, 3.05) is 18.0 Å². The molecule has 0 spiro atoms. The Hall–Kier alpha value is -1.65. The zero-order valence-corrected chi connectivity index (χ0v) is 8.72. The van der Waals surface area contributed by atoms with Crippen molar-refractivity contribution in [1.82, 2.24) is 19.5 Å². The van der Waals surface area contributed by atoms with Crippen LogP contribution in [0.25, 0.3) is 11.2 Å². The zero-order valence-electron chi connectivity index (χ0n) is 8.72. The molecule has 3 heterocycles. The number of hydrogen-bond acceptors (Lipinski definition) is 4. The van der Waals surface area contributed by atoms with Crippen LogP contribution >= 0.6 is 0 Å². The van der Waals surface area contributed by atoms with Gasteiger partial charge in [-0.15, -0.1) is 0 Å². The Balaban J connectivity index is 2.17. The van der Waals surface area contributed by atoms with Crippen LogP contribution in [0.15, 0.2) is 12.7 Å². The number of anilines is 1. The quantitative estimate of drug-likeness (QED) is 0.692. The Morgan fingerprint density at radius 1 is 1.13 bits per heavy atom. The third-order valence-electron chi connectivity index (χ3n) is 2.88. The summed E-state index contributed by atoms with van der Waals surface area (Å²) in [6, 6.07) is 0. The first-order valence-corrected chi connectivity index (χ1v) is 5.23. The lowest BCUT2D eigenvalue weighted by molar-refractivity contribution is 0.918. The lowest BCUT2D eigenvalue weighted by Crippen LogP contribution is -2.19. The monoisotopic (exact) mass is 203 g/mol. The van der Waals surface area contributed by atoms with Crippen molar-refractivity contribution in [3.8, 4) is 0 Å². The minimum Gasteiger partial charge on any atom is -0.355 e. The van der Waals surface area contributed by atoms with Gasteiger partial charge in [0.2, 0.25) is 0 Å². The molecule has 15 heavy (non-hydrogen) atoms. The van der Waals surface area contributed by atoms with Gasteiger partial charge in [0.25, 0.3) is 0 Å². The number of aromatic nitrogens is 4. The highest BCUT2D eigenvalue weighted by atomic mass is 15.2. The normalized spacial score (nSPS) is 16.5. The van der Waals surface area contributed by atoms with Gasteiger partial charge in [-0.2, -0.15) is 0 Å². The molecule has 5 heteroatoms. The largest absolute Gasteiger partial charge is 0.355 e. The molecule has 0 radical (unpaired) electrons. The van der Waals surface area contributed by atoms with Crippen LogP contribution in [0, 0.1) is 0 Å². The molecule has 2 aromatic rings. The third-order valence-corrected chi connectivity index (χ3v) is 2.88. The standard InChI is InChI=1S/C10H13N5/c1-14-7-13-8-9(14)11-6-12-10(8)15-4-2-3-5-15/h6-7H,2-5H2,1H3. The Morgan fingerprint density at radius 3 is 2.73 bits per heavy atom. The Kier molecular flexibility index (Phi) is 1.83. The van der Waals surface area contributed by atoms with Gasteiger partial charge < -0.3 is 9.47 Å². The van der Waals surface area contributed by atoms with Gasteiger partial charge in [0.05, 0.1) is 6.33 Å². The van der Waals surface area contributed by atoms with Crippen molar-refractivity contribution in [2.24, 2.45) is 7.05 Å². The van der Waals surface area contributed by atoms with Crippen LogP contribution in [0.4, 0.5) is 5.82 Å². The summed E-state index contributed by atoms with van der Waals surface area (Å²) >= 11 is 0. The van der Waals surface area contributed by atoms with E-state index in [1.807, 2.05) is 11.6 Å². The average molecular weight is 203 g/mol. The van der Waals surface area contributed by atoms with Crippen LogP contribution in [0.3, 0.4) is 0 Å². The van der Waals surface area contributed by atoms with Crippen molar-refractivity contribution in [3.63, 3.8) is 0 Å². The van der Waals surface area contributed by atoms with Crippen LogP contribution in [0.2, 0.25) is 0 Å². The molecule has 3 rings (SSSR count). The molecule has 0 amide bonds. The Bertz CT molecular complexity index is 484. The van der Waals surface area contributed by atoms with Gasteiger partial charge in [-0.3, -0.25) is 0 Å². The number of rotatable bonds is 1. The van der Waals surface area contributed by atoms with E-state index >= 15 is 0 Å². The summed E-state index contributed by atoms with van der Waals surface area (Å²) in [6.07, 6.45) is 5.91. The smallest absolute Gasteiger partial charge is 0.165 e. The maximum absolute atomic E-state index is 4.36. The molecule has 0 aromatic carbocycles. The van der Waals surface area contributed by atoms with E-state index in [0.717, 1.165) is 30.1 Å². The van der Waals surface area contributed by atoms with E-state index in [4.69, 9.17) is 0 Å². The number of hydrogen-bond donors (Lipinski definition) is 0. The molecule has 0 atom stereocenters. The van der Waals surface area contributed by atoms with Crippen LogP contribution in [0.1, 0.15) is 12.8 Å². The van der Waals surface area contributed by atoms with Gasteiger partial charge >= 0.3 is 0 Å². The highest BCUT2D eigenvalue weighted by Crippen LogP contribution is 2.23. The van der Waals surface area contributed by atoms with E-state index in [-0.39, 0.29) is 0 Å². The molecule has 1 fully saturated rings. The van der Waals surface area contributed by atoms with Gasteiger partial charge in [0, 0.05) is 20.1 Å². The maximum atomic E-state index is 4.36. The summed E-state index contributed by atoms with van der Waals surface area (Å²) in [5, 5.41) is 0. The van der Waals surface area contributed by atoms with Crippen molar-refractivity contribution in [2.45, 2.75) is 12.8 Å². The molecule has 1 saturated heterocycles. The highest BCUT2D eigenvalue weighted by Gasteiger charge is 2.18. The fraction of sp³-hybridized carbons (Fsp3) is 0.500. The Labute approximate surface area is 87.8 Å². The molecule has 0 unspecified atom stereocenters. The van der Waals surface area contributed by atoms with Gasteiger partial charge in [-0.1, -0.05) is 0 Å². The fourth-order valence-electron chi connectivity index (χ4n) is 2.09. The molecule has 0 saturated carbocycles. The fourth-order valence-corrected chi connectivity index (χ4v) is 2.09. The molecular weight excluding hydrogens is 190 g/mol. The van der Waals surface area contributed by atoms with Gasteiger partial charge in [-0.05, 0) is 12.8 Å². The molecule has 1 aliphatic rings. The Morgan fingerprint density at radius 2 is 1.93 bits per heavy atom. The summed E-state index contributed by atoms with van der Waals surface area (Å²) < 4.78 is 1.93. The molecule has 0 N–H and O–H groups in total. The maximum Gasteiger partial charge on any atom is 0.165 e. The summed E-state index contributed by atoms with van der Waals surface area (Å²) in [7, 11) is 1.95. The lowest BCUT2D eigenvalue weighted by Gasteiger charge is -2.15. The lowest BCUT2D eigenvalue weighted by atomic mass is 10.4. The SMILES string of the molecule is Cn1cnc2c(N3CCCC3)ncnc21. The number of imidazole rings is 1. The van der Waals surface area contributed by atoms with Crippen LogP contribution in [-0.2, 0) is 7.05 Å². The summed E-state index contributed by atoms with van der Waals surface area (Å²) in [5.74, 6) is 0.984. The van der Waals surface area contributed by atoms with E-state index in [1.165, 1.54) is 12.8 Å². The minimum atomic E-state index is 0.909. The van der Waals surface area contributed by atoms with E-state index in [1.54, 1.807) is 12.7 Å². The molecule has 2 aromatic heterocycles. The molecule has 78 valence electrons. The minimum absolute atomic E-state index is 0.909. The number of nitrogens with zero attached hydrogens (tertiary/aromatic N) is 5. The van der Waals surface area contributed by atoms with E-state index in [9.17, 15) is 0 Å². The highest BCUT2D eigenvalue weighted by molar-refractivity contribution is 5.83. The summed E-state index contributed by atoms with van der Waals surface area (Å²) in [4.78, 5) is 15.2. The van der Waals surface area contributed by atoms with Crippen molar-refractivity contribution >= 4 is 17.0 Å². The first kappa shape index (κ1) is 8.64. The van der Waals surface area contributed by atoms with Gasteiger partial charge in [-0.25, -0.2) is 15.0 Å². The van der Waals surface area contributed by atoms with E-state index in [2.05, 4.69) is 19.9 Å². The molecule has 5 nitrogen and oxygen atoms in total. The molecule has 0 aliphatic carbocycles. The van der Waals surface area contributed by atoms with Crippen LogP contribution in [0.5, 0.6) is 0 Å². The van der Waals surface area contributed by atoms with Gasteiger partial charge in [0.1, 0.15) is 6.33 Å². The van der Waals surface area contributed by atoms with E-state index in [0.29, 0.717) is 0 Å². The first-order valence-electron chi connectivity index (χ1n) is 5.23. The number of aryl methyl sites for hydroxylation is 1. The predicted octanol–water partition coefficient (Wildman–Crippen LogP) is 0.963. The second-order valence-electron chi connectivity index (χ2n) is 3.92. The van der Waals surface area contributed by atoms with Crippen LogP contribution < -0.4 is 4.90 Å². The number of fused-ring (bicyclic) bond motifs is 1. The topological polar surface area (TPSA) is 46.8 Å². The molecule has 0 bridgehead atoms. The van der Waals surface area contributed by atoms with Crippen molar-refractivity contribution < 1.29 is 0 Å². The summed E-state index contributed by atoms with van der Waals surface area (Å²) in [5.41, 5.74) is 1.83. The van der Waals surface area contributed by atoms with Crippen molar-refractivity contribution in [3.05, 3.63) is 12.7 Å². The third kappa shape index (κ3) is 1.26. The zero-order chi connectivity index (χ0) is 10.3. The van der Waals surface area contributed by atoms with Gasteiger partial charge in [0.15, 0.2) is 17.0 Å². The van der Waals surface area contributed by atoms with Crippen LogP contribution in [-0.4, -0.2) is 32.6 Å². The van der Waals surface area contributed by atoms with Crippen molar-refractivity contribution in [1.29, 1.82) is 0 Å². The summed E-state index contributed by atoms with van der Waals surface area (Å²) in [6.45, 7) is 2.17.